The lowest BCUT2D eigenvalue weighted by Crippen LogP contribution is -2.45. The van der Waals surface area contributed by atoms with Crippen LogP contribution in [-0.2, 0) is 24.2 Å². The van der Waals surface area contributed by atoms with Crippen molar-refractivity contribution in [1.82, 2.24) is 19.7 Å². The van der Waals surface area contributed by atoms with E-state index in [1.54, 1.807) is 18.7 Å². The van der Waals surface area contributed by atoms with Gasteiger partial charge in [-0.3, -0.25) is 9.48 Å². The van der Waals surface area contributed by atoms with Crippen LogP contribution >= 0.6 is 0 Å². The third kappa shape index (κ3) is 5.23. The fourth-order valence-corrected chi connectivity index (χ4v) is 4.32. The molecule has 1 aliphatic heterocycles. The number of benzene rings is 1. The zero-order valence-electron chi connectivity index (χ0n) is 20.5. The van der Waals surface area contributed by atoms with Crippen LogP contribution in [0, 0.1) is 6.92 Å². The van der Waals surface area contributed by atoms with Gasteiger partial charge in [0.15, 0.2) is 5.65 Å². The molecule has 1 N–H and O–H groups in total. The number of likely N-dealkylation sites (N-methyl/N-ethyl adjacent to an activating group) is 1. The number of carbonyl (C=O) groups is 2. The Hall–Kier alpha value is -3.88. The SMILES string of the molecule is Cc1nn(C)c2ncc(NC(=O)N(C=O)c3cc(C(F)(F)F)cc(C(F)(F)F)c3)c(N3CCN(C)CC3)c12. The molecule has 1 fully saturated rings. The number of anilines is 3. The first kappa shape index (κ1) is 27.2. The first-order valence-electron chi connectivity index (χ1n) is 11.3. The van der Waals surface area contributed by atoms with Gasteiger partial charge in [-0.1, -0.05) is 0 Å². The molecule has 38 heavy (non-hydrogen) atoms. The molecule has 9 nitrogen and oxygen atoms in total. The largest absolute Gasteiger partial charge is 0.416 e. The molecule has 0 bridgehead atoms. The third-order valence-electron chi connectivity index (χ3n) is 6.24. The van der Waals surface area contributed by atoms with Crippen molar-refractivity contribution in [2.24, 2.45) is 7.05 Å². The number of amides is 3. The van der Waals surface area contributed by atoms with Crippen molar-refractivity contribution in [2.45, 2.75) is 19.3 Å². The summed E-state index contributed by atoms with van der Waals surface area (Å²) in [5, 5.41) is 7.44. The zero-order valence-corrected chi connectivity index (χ0v) is 20.5. The highest BCUT2D eigenvalue weighted by Gasteiger charge is 2.38. The van der Waals surface area contributed by atoms with E-state index < -0.39 is 35.2 Å². The Morgan fingerprint density at radius 3 is 2.11 bits per heavy atom. The lowest BCUT2D eigenvalue weighted by Gasteiger charge is -2.35. The molecule has 0 radical (unpaired) electrons. The Kier molecular flexibility index (Phi) is 6.99. The molecule has 0 spiro atoms. The summed E-state index contributed by atoms with van der Waals surface area (Å²) in [4.78, 5) is 33.5. The summed E-state index contributed by atoms with van der Waals surface area (Å²) in [5.41, 5.74) is -2.45. The van der Waals surface area contributed by atoms with Gasteiger partial charge in [-0.05, 0) is 32.2 Å². The molecule has 0 aliphatic carbocycles. The number of aryl methyl sites for hydroxylation is 2. The molecule has 15 heteroatoms. The average molecular weight is 543 g/mol. The predicted molar refractivity (Wildman–Crippen MR) is 127 cm³/mol. The summed E-state index contributed by atoms with van der Waals surface area (Å²) in [7, 11) is 3.64. The molecule has 3 heterocycles. The average Bonchev–Trinajstić information content (AvgIpc) is 3.12. The van der Waals surface area contributed by atoms with E-state index in [1.807, 2.05) is 11.9 Å². The second-order valence-electron chi connectivity index (χ2n) is 8.89. The van der Waals surface area contributed by atoms with Crippen LogP contribution in [0.25, 0.3) is 11.0 Å². The van der Waals surface area contributed by atoms with Gasteiger partial charge >= 0.3 is 18.4 Å². The lowest BCUT2D eigenvalue weighted by atomic mass is 10.1. The van der Waals surface area contributed by atoms with Crippen molar-refractivity contribution in [1.29, 1.82) is 0 Å². The summed E-state index contributed by atoms with van der Waals surface area (Å²) < 4.78 is 81.5. The lowest BCUT2D eigenvalue weighted by molar-refractivity contribution is -0.143. The molecule has 0 atom stereocenters. The van der Waals surface area contributed by atoms with E-state index in [4.69, 9.17) is 0 Å². The standard InChI is InChI=1S/C23H23F6N7O2/c1-13-18-19(35-6-4-33(2)5-7-35)17(11-30-20(18)34(3)32-13)31-21(38)36(12-37)16-9-14(22(24,25)26)8-15(10-16)23(27,28)29/h8-12H,4-7H2,1-3H3,(H,31,38). The quantitative estimate of drug-likeness (QED) is 0.391. The number of carbonyl (C=O) groups excluding carboxylic acids is 2. The highest BCUT2D eigenvalue weighted by molar-refractivity contribution is 6.14. The van der Waals surface area contributed by atoms with Crippen molar-refractivity contribution in [3.63, 3.8) is 0 Å². The number of rotatable bonds is 4. The van der Waals surface area contributed by atoms with Gasteiger partial charge < -0.3 is 15.1 Å². The molecule has 2 aromatic heterocycles. The maximum Gasteiger partial charge on any atom is 0.416 e. The summed E-state index contributed by atoms with van der Waals surface area (Å²) >= 11 is 0. The number of nitrogens with one attached hydrogen (secondary N) is 1. The summed E-state index contributed by atoms with van der Waals surface area (Å²) in [6.45, 7) is 4.26. The number of alkyl halides is 6. The first-order valence-corrected chi connectivity index (χ1v) is 11.3. The van der Waals surface area contributed by atoms with Crippen molar-refractivity contribution in [3.8, 4) is 0 Å². The topological polar surface area (TPSA) is 86.6 Å². The molecular formula is C23H23F6N7O2. The first-order chi connectivity index (χ1) is 17.7. The zero-order chi connectivity index (χ0) is 28.0. The fraction of sp³-hybridized carbons (Fsp3) is 0.391. The van der Waals surface area contributed by atoms with Gasteiger partial charge in [-0.25, -0.2) is 14.7 Å². The summed E-state index contributed by atoms with van der Waals surface area (Å²) in [6, 6.07) is -0.737. The van der Waals surface area contributed by atoms with Gasteiger partial charge in [0.25, 0.3) is 0 Å². The van der Waals surface area contributed by atoms with E-state index in [-0.39, 0.29) is 23.1 Å². The number of imide groups is 1. The maximum atomic E-state index is 13.3. The summed E-state index contributed by atoms with van der Waals surface area (Å²) in [6.07, 6.45) is -9.14. The Morgan fingerprint density at radius 2 is 1.58 bits per heavy atom. The number of fused-ring (bicyclic) bond motifs is 1. The fourth-order valence-electron chi connectivity index (χ4n) is 4.32. The van der Waals surface area contributed by atoms with Crippen molar-refractivity contribution in [2.75, 3.05) is 48.3 Å². The Labute approximate surface area is 212 Å². The second kappa shape index (κ2) is 9.78. The highest BCUT2D eigenvalue weighted by atomic mass is 19.4. The Bertz CT molecular complexity index is 1350. The number of piperazine rings is 1. The maximum absolute atomic E-state index is 13.3. The molecule has 1 aromatic carbocycles. The smallest absolute Gasteiger partial charge is 0.367 e. The van der Waals surface area contributed by atoms with E-state index in [1.165, 1.54) is 6.20 Å². The minimum absolute atomic E-state index is 0.0844. The number of urea groups is 1. The number of hydrogen-bond donors (Lipinski definition) is 1. The van der Waals surface area contributed by atoms with E-state index >= 15 is 0 Å². The summed E-state index contributed by atoms with van der Waals surface area (Å²) in [5.74, 6) is 0. The van der Waals surface area contributed by atoms with Crippen LogP contribution in [0.15, 0.2) is 24.4 Å². The second-order valence-corrected chi connectivity index (χ2v) is 8.89. The van der Waals surface area contributed by atoms with Gasteiger partial charge in [-0.15, -0.1) is 0 Å². The van der Waals surface area contributed by atoms with Crippen LogP contribution in [0.3, 0.4) is 0 Å². The monoisotopic (exact) mass is 543 g/mol. The van der Waals surface area contributed by atoms with Crippen molar-refractivity contribution in [3.05, 3.63) is 41.2 Å². The van der Waals surface area contributed by atoms with Crippen molar-refractivity contribution >= 4 is 40.5 Å². The van der Waals surface area contributed by atoms with E-state index in [2.05, 4.69) is 20.3 Å². The minimum Gasteiger partial charge on any atom is -0.367 e. The van der Waals surface area contributed by atoms with Gasteiger partial charge in [-0.2, -0.15) is 31.4 Å². The van der Waals surface area contributed by atoms with Crippen LogP contribution < -0.4 is 15.1 Å². The highest BCUT2D eigenvalue weighted by Crippen LogP contribution is 2.39. The molecule has 1 aliphatic rings. The van der Waals surface area contributed by atoms with Crippen LogP contribution in [-0.4, -0.2) is 65.3 Å². The molecule has 3 amide bonds. The molecule has 1 saturated heterocycles. The number of pyridine rings is 1. The van der Waals surface area contributed by atoms with Gasteiger partial charge in [0.2, 0.25) is 6.41 Å². The Morgan fingerprint density at radius 1 is 1.00 bits per heavy atom. The van der Waals surface area contributed by atoms with Crippen LogP contribution in [0.4, 0.5) is 48.2 Å². The van der Waals surface area contributed by atoms with E-state index in [9.17, 15) is 35.9 Å². The number of hydrogen-bond acceptors (Lipinski definition) is 6. The predicted octanol–water partition coefficient (Wildman–Crippen LogP) is 4.26. The van der Waals surface area contributed by atoms with Crippen LogP contribution in [0.2, 0.25) is 0 Å². The normalized spacial score (nSPS) is 15.1. The van der Waals surface area contributed by atoms with Crippen LogP contribution in [0.5, 0.6) is 0 Å². The molecule has 0 saturated carbocycles. The molecule has 0 unspecified atom stereocenters. The third-order valence-corrected chi connectivity index (χ3v) is 6.24. The molecule has 3 aromatic rings. The van der Waals surface area contributed by atoms with E-state index in [0.29, 0.717) is 60.7 Å². The van der Waals surface area contributed by atoms with Gasteiger partial charge in [0.05, 0.1) is 45.5 Å². The molecule has 204 valence electrons. The molecule has 4 rings (SSSR count). The minimum atomic E-state index is -5.15. The van der Waals surface area contributed by atoms with E-state index in [0.717, 1.165) is 0 Å². The molecular weight excluding hydrogens is 520 g/mol. The number of halogens is 6. The van der Waals surface area contributed by atoms with Gasteiger partial charge in [0, 0.05) is 33.2 Å². The number of nitrogens with zero attached hydrogens (tertiary/aromatic N) is 6. The van der Waals surface area contributed by atoms with Gasteiger partial charge in [0.1, 0.15) is 0 Å². The number of aromatic nitrogens is 3. The Balaban J connectivity index is 1.77. The van der Waals surface area contributed by atoms with Crippen molar-refractivity contribution < 1.29 is 35.9 Å². The van der Waals surface area contributed by atoms with Crippen LogP contribution in [0.1, 0.15) is 16.8 Å².